The lowest BCUT2D eigenvalue weighted by Gasteiger charge is -2.03. The van der Waals surface area contributed by atoms with Gasteiger partial charge in [-0.25, -0.2) is 9.97 Å². The average molecular weight is 252 g/mol. The molecule has 2 N–H and O–H groups in total. The predicted molar refractivity (Wildman–Crippen MR) is 72.7 cm³/mol. The van der Waals surface area contributed by atoms with Crippen LogP contribution < -0.4 is 5.32 Å². The highest BCUT2D eigenvalue weighted by molar-refractivity contribution is 5.95. The Balaban J connectivity index is 1.76. The first-order valence-electron chi connectivity index (χ1n) is 5.93. The lowest BCUT2D eigenvalue weighted by Crippen LogP contribution is -2.14. The van der Waals surface area contributed by atoms with Crippen LogP contribution in [0.3, 0.4) is 0 Å². The van der Waals surface area contributed by atoms with E-state index in [-0.39, 0.29) is 5.91 Å². The number of carbonyl (C=O) groups is 1. The van der Waals surface area contributed by atoms with E-state index in [1.165, 1.54) is 6.33 Å². The molecule has 0 bridgehead atoms. The predicted octanol–water partition coefficient (Wildman–Crippen LogP) is 2.14. The van der Waals surface area contributed by atoms with Crippen LogP contribution in [-0.4, -0.2) is 20.9 Å². The molecule has 0 saturated heterocycles. The number of nitrogens with one attached hydrogen (secondary N) is 2. The number of hydrogen-bond acceptors (Lipinski definition) is 3. The van der Waals surface area contributed by atoms with Crippen LogP contribution in [0.15, 0.2) is 49.2 Å². The van der Waals surface area contributed by atoms with Crippen molar-refractivity contribution in [2.24, 2.45) is 0 Å². The molecule has 94 valence electrons. The smallest absolute Gasteiger partial charge is 0.228 e. The number of nitrogens with zero attached hydrogens (tertiary/aromatic N) is 2. The van der Waals surface area contributed by atoms with Crippen LogP contribution in [0, 0.1) is 0 Å². The molecule has 0 aliphatic heterocycles. The zero-order valence-electron chi connectivity index (χ0n) is 10.1. The van der Waals surface area contributed by atoms with Crippen molar-refractivity contribution < 1.29 is 4.79 Å². The van der Waals surface area contributed by atoms with Gasteiger partial charge >= 0.3 is 0 Å². The second kappa shape index (κ2) is 4.89. The van der Waals surface area contributed by atoms with Crippen molar-refractivity contribution in [1.82, 2.24) is 15.0 Å². The molecule has 1 aromatic carbocycles. The van der Waals surface area contributed by atoms with Crippen molar-refractivity contribution in [3.63, 3.8) is 0 Å². The summed E-state index contributed by atoms with van der Waals surface area (Å²) in [6.45, 7) is 0. The van der Waals surface area contributed by atoms with E-state index in [9.17, 15) is 4.79 Å². The Morgan fingerprint density at radius 1 is 1.21 bits per heavy atom. The summed E-state index contributed by atoms with van der Waals surface area (Å²) in [6.07, 6.45) is 6.75. The van der Waals surface area contributed by atoms with Crippen LogP contribution in [0.1, 0.15) is 5.56 Å². The third kappa shape index (κ3) is 2.44. The van der Waals surface area contributed by atoms with Gasteiger partial charge in [0.1, 0.15) is 6.33 Å². The van der Waals surface area contributed by atoms with Crippen molar-refractivity contribution in [2.75, 3.05) is 5.32 Å². The molecule has 0 radical (unpaired) electrons. The van der Waals surface area contributed by atoms with Gasteiger partial charge in [0.05, 0.1) is 24.5 Å². The summed E-state index contributed by atoms with van der Waals surface area (Å²) in [7, 11) is 0. The number of anilines is 1. The van der Waals surface area contributed by atoms with E-state index in [2.05, 4.69) is 20.3 Å². The third-order valence-electron chi connectivity index (χ3n) is 2.87. The van der Waals surface area contributed by atoms with Gasteiger partial charge in [0.25, 0.3) is 0 Å². The number of rotatable bonds is 3. The lowest BCUT2D eigenvalue weighted by atomic mass is 10.1. The number of fused-ring (bicyclic) bond motifs is 1. The van der Waals surface area contributed by atoms with Crippen molar-refractivity contribution >= 4 is 22.5 Å². The van der Waals surface area contributed by atoms with Crippen LogP contribution in [0.5, 0.6) is 0 Å². The van der Waals surface area contributed by atoms with Gasteiger partial charge in [0, 0.05) is 17.1 Å². The highest BCUT2D eigenvalue weighted by Crippen LogP contribution is 2.18. The molecule has 3 aromatic rings. The molecule has 2 aromatic heterocycles. The number of aromatic amines is 1. The summed E-state index contributed by atoms with van der Waals surface area (Å²) < 4.78 is 0. The average Bonchev–Trinajstić information content (AvgIpc) is 2.83. The van der Waals surface area contributed by atoms with Crippen molar-refractivity contribution in [3.05, 3.63) is 54.7 Å². The number of para-hydroxylation sites is 1. The largest absolute Gasteiger partial charge is 0.361 e. The highest BCUT2D eigenvalue weighted by Gasteiger charge is 2.08. The standard InChI is InChI=1S/C14H12N4O/c19-14(18-11-7-15-9-16-8-11)5-10-6-17-13-4-2-1-3-12(10)13/h1-4,6-9,17H,5H2,(H,18,19). The van der Waals surface area contributed by atoms with E-state index in [1.54, 1.807) is 12.4 Å². The molecule has 3 rings (SSSR count). The highest BCUT2D eigenvalue weighted by atomic mass is 16.1. The minimum atomic E-state index is -0.0837. The molecule has 0 atom stereocenters. The Morgan fingerprint density at radius 3 is 2.84 bits per heavy atom. The molecular formula is C14H12N4O. The van der Waals surface area contributed by atoms with E-state index < -0.39 is 0 Å². The van der Waals surface area contributed by atoms with Gasteiger partial charge < -0.3 is 10.3 Å². The minimum absolute atomic E-state index is 0.0837. The normalized spacial score (nSPS) is 10.5. The third-order valence-corrected chi connectivity index (χ3v) is 2.87. The van der Waals surface area contributed by atoms with E-state index >= 15 is 0 Å². The molecule has 0 aliphatic rings. The van der Waals surface area contributed by atoms with Crippen LogP contribution in [0.25, 0.3) is 10.9 Å². The number of H-pyrrole nitrogens is 1. The summed E-state index contributed by atoms with van der Waals surface area (Å²) in [4.78, 5) is 22.8. The molecule has 5 heteroatoms. The van der Waals surface area contributed by atoms with E-state index in [0.29, 0.717) is 12.1 Å². The fourth-order valence-corrected chi connectivity index (χ4v) is 2.02. The monoisotopic (exact) mass is 252 g/mol. The molecule has 0 aliphatic carbocycles. The maximum absolute atomic E-state index is 11.9. The number of benzene rings is 1. The van der Waals surface area contributed by atoms with E-state index in [4.69, 9.17) is 0 Å². The van der Waals surface area contributed by atoms with Crippen LogP contribution in [0.4, 0.5) is 5.69 Å². The van der Waals surface area contributed by atoms with E-state index in [0.717, 1.165) is 16.5 Å². The van der Waals surface area contributed by atoms with Crippen molar-refractivity contribution in [1.29, 1.82) is 0 Å². The van der Waals surface area contributed by atoms with Crippen LogP contribution >= 0.6 is 0 Å². The number of aromatic nitrogens is 3. The minimum Gasteiger partial charge on any atom is -0.361 e. The maximum atomic E-state index is 11.9. The molecule has 1 amide bonds. The van der Waals surface area contributed by atoms with Gasteiger partial charge in [-0.2, -0.15) is 0 Å². The Bertz CT molecular complexity index is 706. The van der Waals surface area contributed by atoms with Crippen molar-refractivity contribution in [3.8, 4) is 0 Å². The van der Waals surface area contributed by atoms with Gasteiger partial charge in [-0.3, -0.25) is 4.79 Å². The lowest BCUT2D eigenvalue weighted by molar-refractivity contribution is -0.115. The zero-order chi connectivity index (χ0) is 13.1. The maximum Gasteiger partial charge on any atom is 0.228 e. The second-order valence-corrected chi connectivity index (χ2v) is 4.21. The summed E-state index contributed by atoms with van der Waals surface area (Å²) in [6, 6.07) is 7.91. The zero-order valence-corrected chi connectivity index (χ0v) is 10.1. The molecule has 0 unspecified atom stereocenters. The summed E-state index contributed by atoms with van der Waals surface area (Å²) in [5, 5.41) is 3.84. The second-order valence-electron chi connectivity index (χ2n) is 4.21. The molecular weight excluding hydrogens is 240 g/mol. The van der Waals surface area contributed by atoms with Gasteiger partial charge in [-0.1, -0.05) is 18.2 Å². The quantitative estimate of drug-likeness (QED) is 0.750. The Morgan fingerprint density at radius 2 is 2.00 bits per heavy atom. The first-order valence-corrected chi connectivity index (χ1v) is 5.93. The molecule has 0 fully saturated rings. The Hall–Kier alpha value is -2.69. The summed E-state index contributed by atoms with van der Waals surface area (Å²) in [5.74, 6) is -0.0837. The topological polar surface area (TPSA) is 70.7 Å². The molecule has 0 saturated carbocycles. The van der Waals surface area contributed by atoms with E-state index in [1.807, 2.05) is 30.5 Å². The Labute approximate surface area is 109 Å². The first kappa shape index (κ1) is 11.4. The van der Waals surface area contributed by atoms with Gasteiger partial charge in [0.2, 0.25) is 5.91 Å². The fraction of sp³-hybridized carbons (Fsp3) is 0.0714. The molecule has 19 heavy (non-hydrogen) atoms. The summed E-state index contributed by atoms with van der Waals surface area (Å²) in [5.41, 5.74) is 2.62. The fourth-order valence-electron chi connectivity index (χ4n) is 2.02. The number of amides is 1. The number of carbonyl (C=O) groups excluding carboxylic acids is 1. The van der Waals surface area contributed by atoms with Gasteiger partial charge in [-0.05, 0) is 11.6 Å². The Kier molecular flexibility index (Phi) is 2.94. The molecule has 5 nitrogen and oxygen atoms in total. The van der Waals surface area contributed by atoms with Gasteiger partial charge in [-0.15, -0.1) is 0 Å². The SMILES string of the molecule is O=C(Cc1c[nH]c2ccccc12)Nc1cncnc1. The number of hydrogen-bond donors (Lipinski definition) is 2. The molecule has 0 spiro atoms. The van der Waals surface area contributed by atoms with Crippen molar-refractivity contribution in [2.45, 2.75) is 6.42 Å². The summed E-state index contributed by atoms with van der Waals surface area (Å²) >= 11 is 0. The van der Waals surface area contributed by atoms with Crippen LogP contribution in [-0.2, 0) is 11.2 Å². The molecule has 2 heterocycles. The first-order chi connectivity index (χ1) is 9.33. The van der Waals surface area contributed by atoms with Crippen LogP contribution in [0.2, 0.25) is 0 Å². The van der Waals surface area contributed by atoms with Gasteiger partial charge in [0.15, 0.2) is 0 Å².